The normalized spacial score (nSPS) is 15.2. The number of carbonyl (C=O) groups excluding carboxylic acids is 3. The van der Waals surface area contributed by atoms with Gasteiger partial charge in [-0.15, -0.1) is 0 Å². The Morgan fingerprint density at radius 2 is 1.75 bits per heavy atom. The lowest BCUT2D eigenvalue weighted by molar-refractivity contribution is -0.131. The molecule has 3 rings (SSSR count). The van der Waals surface area contributed by atoms with Gasteiger partial charge in [0.05, 0.1) is 32.8 Å². The quantitative estimate of drug-likeness (QED) is 0.361. The first-order valence-electron chi connectivity index (χ1n) is 13.5. The molecule has 0 aliphatic carbocycles. The SMILES string of the molecule is CC(C)(C)OC(=O)NC(C)(C)C(=O)NC(COCc1ccccc1)C(=O)Nc1cn(CCN2CCOCC2)cn1. The van der Waals surface area contributed by atoms with Gasteiger partial charge in [-0.2, -0.15) is 0 Å². The molecular weight excluding hydrogens is 516 g/mol. The van der Waals surface area contributed by atoms with E-state index in [1.807, 2.05) is 34.9 Å². The van der Waals surface area contributed by atoms with Crippen molar-refractivity contribution in [2.45, 2.75) is 65.0 Å². The number of ether oxygens (including phenoxy) is 3. The molecule has 0 bridgehead atoms. The van der Waals surface area contributed by atoms with Crippen LogP contribution < -0.4 is 16.0 Å². The Morgan fingerprint density at radius 3 is 2.42 bits per heavy atom. The van der Waals surface area contributed by atoms with Crippen LogP contribution in [-0.2, 0) is 37.0 Å². The van der Waals surface area contributed by atoms with Crippen molar-refractivity contribution >= 4 is 23.7 Å². The number of hydrogen-bond acceptors (Lipinski definition) is 8. The van der Waals surface area contributed by atoms with E-state index in [1.165, 1.54) is 13.8 Å². The van der Waals surface area contributed by atoms with Gasteiger partial charge in [0, 0.05) is 32.4 Å². The molecule has 1 aromatic heterocycles. The lowest BCUT2D eigenvalue weighted by atomic mass is 10.0. The van der Waals surface area contributed by atoms with E-state index in [0.717, 1.165) is 38.4 Å². The zero-order valence-corrected chi connectivity index (χ0v) is 24.1. The molecule has 12 heteroatoms. The highest BCUT2D eigenvalue weighted by Crippen LogP contribution is 2.11. The lowest BCUT2D eigenvalue weighted by Crippen LogP contribution is -2.59. The van der Waals surface area contributed by atoms with Crippen LogP contribution in [0.4, 0.5) is 10.6 Å². The molecule has 1 saturated heterocycles. The van der Waals surface area contributed by atoms with E-state index in [4.69, 9.17) is 14.2 Å². The maximum atomic E-state index is 13.3. The van der Waals surface area contributed by atoms with Crippen LogP contribution >= 0.6 is 0 Å². The molecule has 1 aliphatic rings. The molecule has 12 nitrogen and oxygen atoms in total. The van der Waals surface area contributed by atoms with Crippen molar-refractivity contribution in [3.8, 4) is 0 Å². The second-order valence-electron chi connectivity index (χ2n) is 11.2. The van der Waals surface area contributed by atoms with Crippen LogP contribution in [0.3, 0.4) is 0 Å². The van der Waals surface area contributed by atoms with Crippen LogP contribution in [0.15, 0.2) is 42.9 Å². The number of amides is 3. The van der Waals surface area contributed by atoms with Gasteiger partial charge >= 0.3 is 6.09 Å². The average molecular weight is 559 g/mol. The van der Waals surface area contributed by atoms with Crippen molar-refractivity contribution in [3.63, 3.8) is 0 Å². The van der Waals surface area contributed by atoms with E-state index in [1.54, 1.807) is 33.3 Å². The highest BCUT2D eigenvalue weighted by molar-refractivity contribution is 5.98. The van der Waals surface area contributed by atoms with Crippen LogP contribution in [0, 0.1) is 0 Å². The van der Waals surface area contributed by atoms with Gasteiger partial charge in [0.25, 0.3) is 5.91 Å². The van der Waals surface area contributed by atoms with Gasteiger partial charge < -0.3 is 34.7 Å². The minimum absolute atomic E-state index is 0.0906. The lowest BCUT2D eigenvalue weighted by Gasteiger charge is -2.29. The summed E-state index contributed by atoms with van der Waals surface area (Å²) in [6.07, 6.45) is 2.66. The van der Waals surface area contributed by atoms with E-state index in [2.05, 4.69) is 25.8 Å². The summed E-state index contributed by atoms with van der Waals surface area (Å²) in [5.74, 6) is -0.703. The van der Waals surface area contributed by atoms with Crippen molar-refractivity contribution in [1.29, 1.82) is 0 Å². The number of hydrogen-bond donors (Lipinski definition) is 3. The highest BCUT2D eigenvalue weighted by Gasteiger charge is 2.34. The number of alkyl carbamates (subject to hydrolysis) is 1. The Morgan fingerprint density at radius 1 is 1.05 bits per heavy atom. The predicted octanol–water partition coefficient (Wildman–Crippen LogP) is 2.16. The van der Waals surface area contributed by atoms with Crippen molar-refractivity contribution < 1.29 is 28.6 Å². The van der Waals surface area contributed by atoms with Gasteiger partial charge in [-0.1, -0.05) is 30.3 Å². The molecule has 0 saturated carbocycles. The van der Waals surface area contributed by atoms with Gasteiger partial charge in [-0.05, 0) is 40.2 Å². The Hall–Kier alpha value is -3.48. The van der Waals surface area contributed by atoms with Crippen molar-refractivity contribution in [2.24, 2.45) is 0 Å². The average Bonchev–Trinajstić information content (AvgIpc) is 3.33. The molecule has 1 aliphatic heterocycles. The maximum absolute atomic E-state index is 13.3. The summed E-state index contributed by atoms with van der Waals surface area (Å²) >= 11 is 0. The van der Waals surface area contributed by atoms with Gasteiger partial charge in [0.2, 0.25) is 5.91 Å². The molecule has 220 valence electrons. The van der Waals surface area contributed by atoms with Crippen LogP contribution in [0.25, 0.3) is 0 Å². The monoisotopic (exact) mass is 558 g/mol. The first-order valence-corrected chi connectivity index (χ1v) is 13.5. The fraction of sp³-hybridized carbons (Fsp3) is 0.571. The molecule has 3 amide bonds. The largest absolute Gasteiger partial charge is 0.444 e. The van der Waals surface area contributed by atoms with Crippen LogP contribution in [0.5, 0.6) is 0 Å². The Bertz CT molecular complexity index is 1110. The van der Waals surface area contributed by atoms with E-state index in [9.17, 15) is 14.4 Å². The molecule has 1 atom stereocenters. The van der Waals surface area contributed by atoms with Crippen molar-refractivity contribution in [3.05, 3.63) is 48.4 Å². The number of aromatic nitrogens is 2. The Kier molecular flexibility index (Phi) is 11.1. The number of carbonyl (C=O) groups is 3. The number of nitrogens with one attached hydrogen (secondary N) is 3. The smallest absolute Gasteiger partial charge is 0.408 e. The summed E-state index contributed by atoms with van der Waals surface area (Å²) in [7, 11) is 0. The van der Waals surface area contributed by atoms with E-state index < -0.39 is 35.1 Å². The topological polar surface area (TPSA) is 136 Å². The predicted molar refractivity (Wildman–Crippen MR) is 150 cm³/mol. The zero-order chi connectivity index (χ0) is 29.2. The molecule has 0 radical (unpaired) electrons. The summed E-state index contributed by atoms with van der Waals surface area (Å²) in [6.45, 7) is 13.2. The van der Waals surface area contributed by atoms with Crippen LogP contribution in [-0.4, -0.2) is 89.0 Å². The molecule has 2 aromatic rings. The van der Waals surface area contributed by atoms with Crippen molar-refractivity contribution in [1.82, 2.24) is 25.1 Å². The van der Waals surface area contributed by atoms with Crippen molar-refractivity contribution in [2.75, 3.05) is 44.8 Å². The molecule has 3 N–H and O–H groups in total. The molecular formula is C28H42N6O6. The van der Waals surface area contributed by atoms with Gasteiger partial charge in [0.1, 0.15) is 17.2 Å². The van der Waals surface area contributed by atoms with Crippen LogP contribution in [0.1, 0.15) is 40.2 Å². The fourth-order valence-electron chi connectivity index (χ4n) is 3.85. The number of rotatable bonds is 12. The second kappa shape index (κ2) is 14.2. The number of benzene rings is 1. The third kappa shape index (κ3) is 10.6. The van der Waals surface area contributed by atoms with E-state index >= 15 is 0 Å². The molecule has 1 unspecified atom stereocenters. The number of nitrogens with zero attached hydrogens (tertiary/aromatic N) is 3. The molecule has 1 aromatic carbocycles. The number of morpholine rings is 1. The summed E-state index contributed by atoms with van der Waals surface area (Å²) in [5, 5.41) is 8.03. The number of imidazole rings is 1. The summed E-state index contributed by atoms with van der Waals surface area (Å²) in [6, 6.07) is 8.46. The standard InChI is InChI=1S/C28H42N6O6/c1-27(2,3)40-26(37)32-28(4,5)25(36)30-22(19-39-18-21-9-7-6-8-10-21)24(35)31-23-17-34(20-29-23)12-11-33-13-15-38-16-14-33/h6-10,17,20,22H,11-16,18-19H2,1-5H3,(H,30,36)(H,31,35)(H,32,37). The van der Waals surface area contributed by atoms with E-state index in [0.29, 0.717) is 12.4 Å². The Balaban J connectivity index is 1.61. The highest BCUT2D eigenvalue weighted by atomic mass is 16.6. The van der Waals surface area contributed by atoms with Gasteiger partial charge in [-0.3, -0.25) is 14.5 Å². The molecule has 40 heavy (non-hydrogen) atoms. The fourth-order valence-corrected chi connectivity index (χ4v) is 3.85. The minimum Gasteiger partial charge on any atom is -0.444 e. The zero-order valence-electron chi connectivity index (χ0n) is 24.1. The second-order valence-corrected chi connectivity index (χ2v) is 11.2. The van der Waals surface area contributed by atoms with Gasteiger partial charge in [-0.25, -0.2) is 9.78 Å². The summed E-state index contributed by atoms with van der Waals surface area (Å²) in [4.78, 5) is 45.3. The first-order chi connectivity index (χ1) is 18.9. The van der Waals surface area contributed by atoms with E-state index in [-0.39, 0.29) is 13.2 Å². The molecule has 0 spiro atoms. The first kappa shape index (κ1) is 31.1. The Labute approximate surface area is 235 Å². The maximum Gasteiger partial charge on any atom is 0.408 e. The number of anilines is 1. The summed E-state index contributed by atoms with van der Waals surface area (Å²) in [5.41, 5.74) is -1.16. The third-order valence-corrected chi connectivity index (χ3v) is 6.06. The molecule has 1 fully saturated rings. The summed E-state index contributed by atoms with van der Waals surface area (Å²) < 4.78 is 18.3. The van der Waals surface area contributed by atoms with Gasteiger partial charge in [0.15, 0.2) is 5.82 Å². The minimum atomic E-state index is -1.36. The van der Waals surface area contributed by atoms with Crippen LogP contribution in [0.2, 0.25) is 0 Å². The third-order valence-electron chi connectivity index (χ3n) is 6.06. The molecule has 2 heterocycles.